The highest BCUT2D eigenvalue weighted by molar-refractivity contribution is 5.94. The molecule has 3 amide bonds. The summed E-state index contributed by atoms with van der Waals surface area (Å²) in [5, 5.41) is 2.91. The average Bonchev–Trinajstić information content (AvgIpc) is 2.83. The summed E-state index contributed by atoms with van der Waals surface area (Å²) in [6.45, 7) is 0.797. The predicted octanol–water partition coefficient (Wildman–Crippen LogP) is 1.12. The molecule has 26 heavy (non-hydrogen) atoms. The molecule has 0 unspecified atom stereocenters. The molecule has 2 heterocycles. The Morgan fingerprint density at radius 3 is 2.62 bits per heavy atom. The van der Waals surface area contributed by atoms with Gasteiger partial charge in [-0.15, -0.1) is 0 Å². The van der Waals surface area contributed by atoms with E-state index in [1.807, 2.05) is 12.1 Å². The van der Waals surface area contributed by atoms with Crippen molar-refractivity contribution in [2.24, 2.45) is 11.7 Å². The summed E-state index contributed by atoms with van der Waals surface area (Å²) in [5.74, 6) is -1.21. The Bertz CT molecular complexity index is 669. The van der Waals surface area contributed by atoms with Gasteiger partial charge in [0.1, 0.15) is 5.54 Å². The first-order valence-corrected chi connectivity index (χ1v) is 9.29. The summed E-state index contributed by atoms with van der Waals surface area (Å²) in [4.78, 5) is 42.9. The van der Waals surface area contributed by atoms with Crippen molar-refractivity contribution < 1.29 is 14.4 Å². The van der Waals surface area contributed by atoms with Crippen LogP contribution in [0.1, 0.15) is 50.5 Å². The van der Waals surface area contributed by atoms with E-state index in [9.17, 15) is 14.4 Å². The van der Waals surface area contributed by atoms with Crippen LogP contribution in [0.3, 0.4) is 0 Å². The number of nitrogens with one attached hydrogen (secondary N) is 1. The minimum absolute atomic E-state index is 0.0528. The topological polar surface area (TPSA) is 105 Å². The van der Waals surface area contributed by atoms with Crippen molar-refractivity contribution in [3.05, 3.63) is 30.1 Å². The molecule has 1 aromatic rings. The minimum Gasteiger partial charge on any atom is -0.368 e. The number of rotatable bonds is 5. The lowest BCUT2D eigenvalue weighted by Gasteiger charge is -2.31. The van der Waals surface area contributed by atoms with E-state index in [4.69, 9.17) is 5.73 Å². The van der Waals surface area contributed by atoms with Gasteiger partial charge in [0.15, 0.2) is 0 Å². The second kappa shape index (κ2) is 7.85. The van der Waals surface area contributed by atoms with Crippen molar-refractivity contribution in [3.8, 4) is 0 Å². The average molecular weight is 358 g/mol. The van der Waals surface area contributed by atoms with Crippen LogP contribution in [0.15, 0.2) is 24.5 Å². The van der Waals surface area contributed by atoms with Gasteiger partial charge in [-0.3, -0.25) is 19.4 Å². The Morgan fingerprint density at radius 2 is 2.00 bits per heavy atom. The Morgan fingerprint density at radius 1 is 1.27 bits per heavy atom. The number of primary amides is 1. The van der Waals surface area contributed by atoms with Crippen molar-refractivity contribution in [1.29, 1.82) is 0 Å². The molecule has 1 aromatic heterocycles. The molecule has 1 atom stereocenters. The van der Waals surface area contributed by atoms with E-state index in [1.54, 1.807) is 17.3 Å². The van der Waals surface area contributed by atoms with Gasteiger partial charge in [0.05, 0.1) is 5.92 Å². The van der Waals surface area contributed by atoms with E-state index in [0.29, 0.717) is 25.9 Å². The normalized spacial score (nSPS) is 22.7. The predicted molar refractivity (Wildman–Crippen MR) is 95.5 cm³/mol. The van der Waals surface area contributed by atoms with Crippen molar-refractivity contribution in [2.45, 2.75) is 57.0 Å². The van der Waals surface area contributed by atoms with Gasteiger partial charge in [-0.25, -0.2) is 0 Å². The highest BCUT2D eigenvalue weighted by atomic mass is 16.2. The molecule has 0 spiro atoms. The lowest BCUT2D eigenvalue weighted by Crippen LogP contribution is -2.58. The van der Waals surface area contributed by atoms with Gasteiger partial charge >= 0.3 is 0 Å². The summed E-state index contributed by atoms with van der Waals surface area (Å²) in [7, 11) is 0. The number of likely N-dealkylation sites (tertiary alicyclic amines) is 1. The molecular formula is C19H26N4O3. The van der Waals surface area contributed by atoms with Crippen LogP contribution in [0.5, 0.6) is 0 Å². The van der Waals surface area contributed by atoms with Crippen LogP contribution in [0.25, 0.3) is 0 Å². The van der Waals surface area contributed by atoms with E-state index >= 15 is 0 Å². The molecule has 2 aliphatic rings. The summed E-state index contributed by atoms with van der Waals surface area (Å²) >= 11 is 0. The SMILES string of the molecule is NC(=O)C1(NC(=O)[C@@H]2CC(=O)N(Cc3cccnc3)C2)CCCCCC1. The second-order valence-corrected chi connectivity index (χ2v) is 7.39. The van der Waals surface area contributed by atoms with E-state index in [-0.39, 0.29) is 18.2 Å². The molecule has 0 aromatic carbocycles. The van der Waals surface area contributed by atoms with Crippen LogP contribution in [0.4, 0.5) is 0 Å². The Labute approximate surface area is 153 Å². The molecule has 1 aliphatic heterocycles. The maximum Gasteiger partial charge on any atom is 0.243 e. The van der Waals surface area contributed by atoms with Gasteiger partial charge in [-0.05, 0) is 24.5 Å². The molecular weight excluding hydrogens is 332 g/mol. The number of nitrogens with zero attached hydrogens (tertiary/aromatic N) is 2. The number of carbonyl (C=O) groups excluding carboxylic acids is 3. The van der Waals surface area contributed by atoms with E-state index in [1.165, 1.54) is 0 Å². The number of nitrogens with two attached hydrogens (primary N) is 1. The molecule has 140 valence electrons. The molecule has 7 nitrogen and oxygen atoms in total. The highest BCUT2D eigenvalue weighted by Gasteiger charge is 2.42. The quantitative estimate of drug-likeness (QED) is 0.770. The van der Waals surface area contributed by atoms with Gasteiger partial charge in [0.25, 0.3) is 0 Å². The summed E-state index contributed by atoms with van der Waals surface area (Å²) < 4.78 is 0. The fraction of sp³-hybridized carbons (Fsp3) is 0.579. The van der Waals surface area contributed by atoms with E-state index < -0.39 is 17.4 Å². The fourth-order valence-corrected chi connectivity index (χ4v) is 3.92. The molecule has 3 N–H and O–H groups in total. The van der Waals surface area contributed by atoms with Crippen LogP contribution in [0, 0.1) is 5.92 Å². The molecule has 1 saturated heterocycles. The van der Waals surface area contributed by atoms with Crippen molar-refractivity contribution >= 4 is 17.7 Å². The van der Waals surface area contributed by atoms with Gasteiger partial charge in [-0.1, -0.05) is 31.7 Å². The van der Waals surface area contributed by atoms with Crippen LogP contribution in [0.2, 0.25) is 0 Å². The smallest absolute Gasteiger partial charge is 0.243 e. The van der Waals surface area contributed by atoms with Crippen LogP contribution in [-0.4, -0.2) is 39.7 Å². The first-order valence-electron chi connectivity index (χ1n) is 9.29. The summed E-state index contributed by atoms with van der Waals surface area (Å²) in [6.07, 6.45) is 8.57. The number of pyridine rings is 1. The first kappa shape index (κ1) is 18.4. The maximum atomic E-state index is 12.8. The zero-order valence-corrected chi connectivity index (χ0v) is 14.9. The molecule has 7 heteroatoms. The van der Waals surface area contributed by atoms with E-state index in [0.717, 1.165) is 31.2 Å². The highest BCUT2D eigenvalue weighted by Crippen LogP contribution is 2.28. The molecule has 3 rings (SSSR count). The summed E-state index contributed by atoms with van der Waals surface area (Å²) in [6, 6.07) is 3.73. The third kappa shape index (κ3) is 4.03. The monoisotopic (exact) mass is 358 g/mol. The van der Waals surface area contributed by atoms with E-state index in [2.05, 4.69) is 10.3 Å². The molecule has 0 radical (unpaired) electrons. The zero-order valence-electron chi connectivity index (χ0n) is 14.9. The van der Waals surface area contributed by atoms with Gasteiger partial charge < -0.3 is 16.0 Å². The number of aromatic nitrogens is 1. The zero-order chi connectivity index (χ0) is 18.6. The van der Waals surface area contributed by atoms with Gasteiger partial charge in [-0.2, -0.15) is 0 Å². The second-order valence-electron chi connectivity index (χ2n) is 7.39. The van der Waals surface area contributed by atoms with Crippen molar-refractivity contribution in [3.63, 3.8) is 0 Å². The lowest BCUT2D eigenvalue weighted by molar-refractivity contribution is -0.134. The Hall–Kier alpha value is -2.44. The number of hydrogen-bond donors (Lipinski definition) is 2. The fourth-order valence-electron chi connectivity index (χ4n) is 3.92. The molecule has 1 aliphatic carbocycles. The third-order valence-electron chi connectivity index (χ3n) is 5.47. The number of amides is 3. The number of carbonyl (C=O) groups is 3. The standard InChI is InChI=1S/C19H26N4O3/c20-18(26)19(7-3-1-2-4-8-19)22-17(25)15-10-16(24)23(13-15)12-14-6-5-9-21-11-14/h5-6,9,11,15H,1-4,7-8,10,12-13H2,(H2,20,26)(H,22,25)/t15-/m1/s1. The van der Waals surface area contributed by atoms with Gasteiger partial charge in [0.2, 0.25) is 17.7 Å². The largest absolute Gasteiger partial charge is 0.368 e. The molecule has 2 fully saturated rings. The first-order chi connectivity index (χ1) is 12.5. The minimum atomic E-state index is -0.965. The van der Waals surface area contributed by atoms with Crippen LogP contribution < -0.4 is 11.1 Å². The Kier molecular flexibility index (Phi) is 5.54. The molecule has 1 saturated carbocycles. The lowest BCUT2D eigenvalue weighted by atomic mass is 9.88. The summed E-state index contributed by atoms with van der Waals surface area (Å²) in [5.41, 5.74) is 5.60. The third-order valence-corrected chi connectivity index (χ3v) is 5.47. The van der Waals surface area contributed by atoms with Crippen LogP contribution in [-0.2, 0) is 20.9 Å². The molecule has 0 bridgehead atoms. The number of hydrogen-bond acceptors (Lipinski definition) is 4. The Balaban J connectivity index is 1.64. The van der Waals surface area contributed by atoms with Crippen molar-refractivity contribution in [2.75, 3.05) is 6.54 Å². The van der Waals surface area contributed by atoms with Gasteiger partial charge in [0, 0.05) is 31.9 Å². The maximum absolute atomic E-state index is 12.8. The van der Waals surface area contributed by atoms with Crippen LogP contribution >= 0.6 is 0 Å². The van der Waals surface area contributed by atoms with Crippen molar-refractivity contribution in [1.82, 2.24) is 15.2 Å².